The Morgan fingerprint density at radius 1 is 1.27 bits per heavy atom. The minimum Gasteiger partial charge on any atom is -0.373 e. The highest BCUT2D eigenvalue weighted by atomic mass is 16.5. The van der Waals surface area contributed by atoms with Gasteiger partial charge in [-0.3, -0.25) is 4.79 Å². The highest BCUT2D eigenvalue weighted by Crippen LogP contribution is 2.23. The number of ether oxygens (including phenoxy) is 1. The van der Waals surface area contributed by atoms with Crippen molar-refractivity contribution in [2.24, 2.45) is 11.8 Å². The zero-order valence-corrected chi connectivity index (χ0v) is 10.1. The van der Waals surface area contributed by atoms with Crippen molar-refractivity contribution in [3.8, 4) is 0 Å². The van der Waals surface area contributed by atoms with E-state index in [-0.39, 0.29) is 5.78 Å². The third kappa shape index (κ3) is 5.93. The Balaban J connectivity index is 2.02. The van der Waals surface area contributed by atoms with E-state index < -0.39 is 0 Å². The van der Waals surface area contributed by atoms with Gasteiger partial charge in [0.2, 0.25) is 0 Å². The topological polar surface area (TPSA) is 26.3 Å². The molecule has 0 bridgehead atoms. The van der Waals surface area contributed by atoms with Gasteiger partial charge in [-0.15, -0.1) is 0 Å². The maximum Gasteiger partial charge on any atom is 0.158 e. The molecule has 1 rings (SSSR count). The maximum atomic E-state index is 11.4. The van der Waals surface area contributed by atoms with Gasteiger partial charge in [-0.2, -0.15) is 0 Å². The molecule has 1 aliphatic carbocycles. The summed E-state index contributed by atoms with van der Waals surface area (Å²) in [5, 5.41) is 0. The zero-order chi connectivity index (χ0) is 11.1. The normalized spacial score (nSPS) is 18.3. The Bertz CT molecular complexity index is 181. The van der Waals surface area contributed by atoms with Crippen molar-refractivity contribution in [2.45, 2.75) is 52.4 Å². The SMILES string of the molecule is CC(C)CC(=O)COCC1CCCCC1. The van der Waals surface area contributed by atoms with Crippen LogP contribution in [0.3, 0.4) is 0 Å². The van der Waals surface area contributed by atoms with Crippen LogP contribution in [0.1, 0.15) is 52.4 Å². The van der Waals surface area contributed by atoms with Gasteiger partial charge in [0.25, 0.3) is 0 Å². The molecule has 0 aromatic rings. The van der Waals surface area contributed by atoms with Crippen LogP contribution in [0, 0.1) is 11.8 Å². The van der Waals surface area contributed by atoms with Crippen LogP contribution in [0.25, 0.3) is 0 Å². The second kappa shape index (κ2) is 7.00. The number of hydrogen-bond acceptors (Lipinski definition) is 2. The molecule has 0 N–H and O–H groups in total. The third-order valence-electron chi connectivity index (χ3n) is 2.98. The summed E-state index contributed by atoms with van der Waals surface area (Å²) >= 11 is 0. The summed E-state index contributed by atoms with van der Waals surface area (Å²) in [7, 11) is 0. The van der Waals surface area contributed by atoms with E-state index in [1.807, 2.05) is 0 Å². The molecule has 0 unspecified atom stereocenters. The molecule has 0 aromatic carbocycles. The summed E-state index contributed by atoms with van der Waals surface area (Å²) in [5.74, 6) is 1.42. The highest BCUT2D eigenvalue weighted by molar-refractivity contribution is 5.79. The van der Waals surface area contributed by atoms with Crippen molar-refractivity contribution < 1.29 is 9.53 Å². The van der Waals surface area contributed by atoms with Gasteiger partial charge in [-0.1, -0.05) is 33.1 Å². The van der Waals surface area contributed by atoms with Crippen LogP contribution in [-0.2, 0) is 9.53 Å². The van der Waals surface area contributed by atoms with E-state index in [0.717, 1.165) is 6.61 Å². The lowest BCUT2D eigenvalue weighted by Gasteiger charge is -2.21. The molecule has 0 saturated heterocycles. The summed E-state index contributed by atoms with van der Waals surface area (Å²) < 4.78 is 5.49. The Kier molecular flexibility index (Phi) is 5.92. The Labute approximate surface area is 93.4 Å². The quantitative estimate of drug-likeness (QED) is 0.676. The van der Waals surface area contributed by atoms with E-state index in [9.17, 15) is 4.79 Å². The lowest BCUT2D eigenvalue weighted by Crippen LogP contribution is -2.17. The van der Waals surface area contributed by atoms with Crippen LogP contribution < -0.4 is 0 Å². The first kappa shape index (κ1) is 12.7. The van der Waals surface area contributed by atoms with E-state index in [4.69, 9.17) is 4.74 Å². The van der Waals surface area contributed by atoms with Gasteiger partial charge in [0.15, 0.2) is 5.78 Å². The first-order valence-electron chi connectivity index (χ1n) is 6.28. The predicted molar refractivity (Wildman–Crippen MR) is 61.9 cm³/mol. The van der Waals surface area contributed by atoms with Crippen molar-refractivity contribution in [1.29, 1.82) is 0 Å². The van der Waals surface area contributed by atoms with E-state index in [1.165, 1.54) is 32.1 Å². The van der Waals surface area contributed by atoms with Gasteiger partial charge in [0.05, 0.1) is 0 Å². The molecule has 15 heavy (non-hydrogen) atoms. The van der Waals surface area contributed by atoms with Gasteiger partial charge in [0.1, 0.15) is 6.61 Å². The number of ketones is 1. The summed E-state index contributed by atoms with van der Waals surface area (Å²) in [5.41, 5.74) is 0. The monoisotopic (exact) mass is 212 g/mol. The molecule has 0 heterocycles. The first-order chi connectivity index (χ1) is 7.18. The molecule has 1 aliphatic rings. The Hall–Kier alpha value is -0.370. The van der Waals surface area contributed by atoms with Crippen LogP contribution in [0.5, 0.6) is 0 Å². The zero-order valence-electron chi connectivity index (χ0n) is 10.1. The van der Waals surface area contributed by atoms with Crippen molar-refractivity contribution in [2.75, 3.05) is 13.2 Å². The van der Waals surface area contributed by atoms with Crippen molar-refractivity contribution in [3.05, 3.63) is 0 Å². The van der Waals surface area contributed by atoms with Crippen molar-refractivity contribution >= 4 is 5.78 Å². The number of Topliss-reactive ketones (excluding diaryl/α,β-unsaturated/α-hetero) is 1. The van der Waals surface area contributed by atoms with Crippen LogP contribution in [0.4, 0.5) is 0 Å². The fourth-order valence-corrected chi connectivity index (χ4v) is 2.21. The van der Waals surface area contributed by atoms with Crippen LogP contribution in [-0.4, -0.2) is 19.0 Å². The number of hydrogen-bond donors (Lipinski definition) is 0. The molecule has 0 radical (unpaired) electrons. The standard InChI is InChI=1S/C13H24O2/c1-11(2)8-13(14)10-15-9-12-6-4-3-5-7-12/h11-12H,3-10H2,1-2H3. The minimum atomic E-state index is 0.251. The smallest absolute Gasteiger partial charge is 0.158 e. The Morgan fingerprint density at radius 2 is 1.93 bits per heavy atom. The summed E-state index contributed by atoms with van der Waals surface area (Å²) in [6.45, 7) is 5.26. The van der Waals surface area contributed by atoms with Crippen LogP contribution >= 0.6 is 0 Å². The lowest BCUT2D eigenvalue weighted by atomic mass is 9.90. The molecule has 1 fully saturated rings. The van der Waals surface area contributed by atoms with Gasteiger partial charge in [-0.05, 0) is 24.7 Å². The molecule has 0 aromatic heterocycles. The van der Waals surface area contributed by atoms with Crippen molar-refractivity contribution in [1.82, 2.24) is 0 Å². The predicted octanol–water partition coefficient (Wildman–Crippen LogP) is 3.20. The molecular formula is C13H24O2. The Morgan fingerprint density at radius 3 is 2.53 bits per heavy atom. The van der Waals surface area contributed by atoms with E-state index >= 15 is 0 Å². The molecule has 0 aliphatic heterocycles. The molecule has 0 atom stereocenters. The van der Waals surface area contributed by atoms with E-state index in [1.54, 1.807) is 0 Å². The second-order valence-electron chi connectivity index (χ2n) is 5.16. The van der Waals surface area contributed by atoms with E-state index in [2.05, 4.69) is 13.8 Å². The molecule has 88 valence electrons. The van der Waals surface area contributed by atoms with Crippen molar-refractivity contribution in [3.63, 3.8) is 0 Å². The van der Waals surface area contributed by atoms with Gasteiger partial charge >= 0.3 is 0 Å². The number of carbonyl (C=O) groups excluding carboxylic acids is 1. The number of rotatable bonds is 6. The average molecular weight is 212 g/mol. The summed E-state index contributed by atoms with van der Waals surface area (Å²) in [6.07, 6.45) is 7.30. The molecular weight excluding hydrogens is 188 g/mol. The molecule has 2 nitrogen and oxygen atoms in total. The minimum absolute atomic E-state index is 0.251. The third-order valence-corrected chi connectivity index (χ3v) is 2.98. The summed E-state index contributed by atoms with van der Waals surface area (Å²) in [6, 6.07) is 0. The fraction of sp³-hybridized carbons (Fsp3) is 0.923. The molecule has 2 heteroatoms. The largest absolute Gasteiger partial charge is 0.373 e. The highest BCUT2D eigenvalue weighted by Gasteiger charge is 2.14. The van der Waals surface area contributed by atoms with Crippen LogP contribution in [0.15, 0.2) is 0 Å². The second-order valence-corrected chi connectivity index (χ2v) is 5.16. The average Bonchev–Trinajstić information content (AvgIpc) is 2.18. The maximum absolute atomic E-state index is 11.4. The summed E-state index contributed by atoms with van der Waals surface area (Å²) in [4.78, 5) is 11.4. The molecule has 0 spiro atoms. The van der Waals surface area contributed by atoms with E-state index in [0.29, 0.717) is 24.9 Å². The van der Waals surface area contributed by atoms with Gasteiger partial charge in [0, 0.05) is 13.0 Å². The van der Waals surface area contributed by atoms with Gasteiger partial charge in [-0.25, -0.2) is 0 Å². The fourth-order valence-electron chi connectivity index (χ4n) is 2.21. The molecule has 1 saturated carbocycles. The van der Waals surface area contributed by atoms with Crippen LogP contribution in [0.2, 0.25) is 0 Å². The number of carbonyl (C=O) groups is 1. The van der Waals surface area contributed by atoms with Gasteiger partial charge < -0.3 is 4.74 Å². The lowest BCUT2D eigenvalue weighted by molar-refractivity contribution is -0.124. The molecule has 0 amide bonds. The first-order valence-corrected chi connectivity index (χ1v) is 6.28.